The molecule has 2 saturated heterocycles. The van der Waals surface area contributed by atoms with Crippen LogP contribution < -0.4 is 0 Å². The van der Waals surface area contributed by atoms with Crippen LogP contribution in [0.2, 0.25) is 0 Å². The number of nitrogens with one attached hydrogen (secondary N) is 1. The van der Waals surface area contributed by atoms with Gasteiger partial charge in [-0.15, -0.1) is 0 Å². The number of H-pyrrole nitrogens is 1. The fraction of sp³-hybridized carbons (Fsp3) is 0.458. The number of fused-ring (bicyclic) bond motifs is 1. The lowest BCUT2D eigenvalue weighted by Crippen LogP contribution is -2.50. The van der Waals surface area contributed by atoms with E-state index < -0.39 is 5.97 Å². The minimum atomic E-state index is -0.759. The second kappa shape index (κ2) is 8.16. The molecule has 1 atom stereocenters. The zero-order valence-electron chi connectivity index (χ0n) is 18.0. The van der Waals surface area contributed by atoms with Crippen molar-refractivity contribution in [2.24, 2.45) is 5.92 Å². The molecule has 0 aromatic carbocycles. The Labute approximate surface area is 186 Å². The van der Waals surface area contributed by atoms with Gasteiger partial charge in [-0.3, -0.25) is 9.69 Å². The Morgan fingerprint density at radius 1 is 1.34 bits per heavy atom. The number of rotatable bonds is 3. The van der Waals surface area contributed by atoms with Gasteiger partial charge in [0.05, 0.1) is 49.3 Å². The Morgan fingerprint density at radius 3 is 2.84 bits per heavy atom. The predicted molar refractivity (Wildman–Crippen MR) is 119 cm³/mol. The van der Waals surface area contributed by atoms with E-state index in [9.17, 15) is 14.3 Å². The van der Waals surface area contributed by atoms with Crippen LogP contribution in [0.15, 0.2) is 29.9 Å². The van der Waals surface area contributed by atoms with E-state index in [0.717, 1.165) is 55.3 Å². The number of hydrogen-bond acceptors (Lipinski definition) is 4. The van der Waals surface area contributed by atoms with E-state index in [2.05, 4.69) is 33.7 Å². The van der Waals surface area contributed by atoms with Gasteiger partial charge in [-0.05, 0) is 31.1 Å². The summed E-state index contributed by atoms with van der Waals surface area (Å²) in [6.45, 7) is 6.85. The third-order valence-corrected chi connectivity index (χ3v) is 6.96. The summed E-state index contributed by atoms with van der Waals surface area (Å²) >= 11 is 0. The van der Waals surface area contributed by atoms with Gasteiger partial charge in [-0.25, -0.2) is 13.9 Å². The summed E-state index contributed by atoms with van der Waals surface area (Å²) in [7, 11) is 0. The van der Waals surface area contributed by atoms with Crippen LogP contribution in [0.3, 0.4) is 0 Å². The molecule has 0 amide bonds. The largest absolute Gasteiger partial charge is 0.481 e. The Hall–Kier alpha value is -3.00. The van der Waals surface area contributed by atoms with Gasteiger partial charge in [-0.1, -0.05) is 6.08 Å². The Morgan fingerprint density at radius 2 is 2.16 bits per heavy atom. The van der Waals surface area contributed by atoms with Crippen molar-refractivity contribution in [3.8, 4) is 0 Å². The van der Waals surface area contributed by atoms with E-state index in [1.54, 1.807) is 6.08 Å². The van der Waals surface area contributed by atoms with Gasteiger partial charge < -0.3 is 14.8 Å². The zero-order valence-corrected chi connectivity index (χ0v) is 18.0. The number of allylic oxidation sites excluding steroid dienone is 4. The van der Waals surface area contributed by atoms with Crippen molar-refractivity contribution in [2.75, 3.05) is 26.2 Å². The normalized spacial score (nSPS) is 25.0. The van der Waals surface area contributed by atoms with Crippen LogP contribution in [0, 0.1) is 5.92 Å². The number of imidazole rings is 1. The van der Waals surface area contributed by atoms with Crippen LogP contribution >= 0.6 is 0 Å². The minimum absolute atomic E-state index is 0.183. The summed E-state index contributed by atoms with van der Waals surface area (Å²) < 4.78 is 21.8. The number of aliphatic carboxylic acids is 1. The van der Waals surface area contributed by atoms with Crippen LogP contribution in [-0.4, -0.2) is 69.1 Å². The number of hydrogen-bond donors (Lipinski definition) is 2. The lowest BCUT2D eigenvalue weighted by Gasteiger charge is -2.43. The molecule has 8 heteroatoms. The average molecular weight is 440 g/mol. The molecule has 1 aromatic heterocycles. The van der Waals surface area contributed by atoms with Gasteiger partial charge >= 0.3 is 5.97 Å². The molecule has 7 nitrogen and oxygen atoms in total. The molecule has 1 unspecified atom stereocenters. The van der Waals surface area contributed by atoms with Crippen molar-refractivity contribution in [2.45, 2.75) is 37.7 Å². The average Bonchev–Trinajstić information content (AvgIpc) is 3.09. The fourth-order valence-corrected chi connectivity index (χ4v) is 4.97. The molecule has 3 aliphatic heterocycles. The number of carboxylic acid groups (broad SMARTS) is 1. The highest BCUT2D eigenvalue weighted by Gasteiger charge is 2.43. The number of nitrogens with zero attached hydrogens (tertiary/aromatic N) is 3. The standard InChI is InChI=1S/C24H27FN4O3/c1-28-14-16(22-26-19-4-2-3-18(25)13-20(19)27-22)5-6-21(28)29-11-9-24(10-12-29)8-7-17(15-32-24)23(30)31/h2,4-6,13,17H,1,3,7-12,14-15H2,(H-,26,27,30,31)/p+1. The lowest BCUT2D eigenvalue weighted by molar-refractivity contribution is -0.476. The Balaban J connectivity index is 1.26. The molecule has 168 valence electrons. The van der Waals surface area contributed by atoms with E-state index in [0.29, 0.717) is 31.7 Å². The number of aromatic amines is 1. The summed E-state index contributed by atoms with van der Waals surface area (Å²) in [6, 6.07) is 0. The van der Waals surface area contributed by atoms with Crippen LogP contribution in [-0.2, 0) is 9.53 Å². The van der Waals surface area contributed by atoms with E-state index in [4.69, 9.17) is 4.74 Å². The van der Waals surface area contributed by atoms with Crippen molar-refractivity contribution in [1.82, 2.24) is 14.9 Å². The van der Waals surface area contributed by atoms with Crippen LogP contribution in [0.5, 0.6) is 0 Å². The number of piperidine rings is 1. The molecule has 1 aromatic rings. The zero-order chi connectivity index (χ0) is 22.3. The fourth-order valence-electron chi connectivity index (χ4n) is 4.97. The second-order valence-electron chi connectivity index (χ2n) is 9.05. The predicted octanol–water partition coefficient (Wildman–Crippen LogP) is 3.43. The summed E-state index contributed by atoms with van der Waals surface area (Å²) in [5.41, 5.74) is 2.25. The number of carbonyl (C=O) groups is 1. The molecule has 1 aliphatic carbocycles. The van der Waals surface area contributed by atoms with Crippen molar-refractivity contribution < 1.29 is 23.6 Å². The number of ether oxygens (including phenoxy) is 1. The van der Waals surface area contributed by atoms with Crippen molar-refractivity contribution >= 4 is 30.4 Å². The van der Waals surface area contributed by atoms with Crippen molar-refractivity contribution in [1.29, 1.82) is 0 Å². The number of likely N-dealkylation sites (tertiary alicyclic amines) is 1. The molecule has 1 spiro atoms. The van der Waals surface area contributed by atoms with Gasteiger partial charge in [0.2, 0.25) is 0 Å². The molecule has 4 heterocycles. The molecule has 5 rings (SSSR count). The van der Waals surface area contributed by atoms with Gasteiger partial charge in [0.25, 0.3) is 5.82 Å². The summed E-state index contributed by atoms with van der Waals surface area (Å²) in [6.07, 6.45) is 12.8. The monoisotopic (exact) mass is 439 g/mol. The number of aromatic nitrogens is 2. The molecule has 2 fully saturated rings. The first kappa shape index (κ1) is 20.9. The summed E-state index contributed by atoms with van der Waals surface area (Å²) in [5.74, 6) is 0.470. The molecule has 0 radical (unpaired) electrons. The Bertz CT molecular complexity index is 1060. The molecular formula is C24H28FN4O3+. The highest BCUT2D eigenvalue weighted by Crippen LogP contribution is 2.38. The third-order valence-electron chi connectivity index (χ3n) is 6.96. The first-order valence-corrected chi connectivity index (χ1v) is 11.2. The summed E-state index contributed by atoms with van der Waals surface area (Å²) in [5, 5.41) is 9.20. The van der Waals surface area contributed by atoms with E-state index >= 15 is 0 Å². The number of carboxylic acids is 1. The lowest BCUT2D eigenvalue weighted by atomic mass is 9.81. The maximum Gasteiger partial charge on any atom is 0.308 e. The molecule has 0 bridgehead atoms. The molecular weight excluding hydrogens is 411 g/mol. The van der Waals surface area contributed by atoms with Gasteiger partial charge in [0.15, 0.2) is 0 Å². The highest BCUT2D eigenvalue weighted by atomic mass is 19.1. The van der Waals surface area contributed by atoms with E-state index in [1.165, 1.54) is 6.08 Å². The van der Waals surface area contributed by atoms with Crippen LogP contribution in [0.25, 0.3) is 17.7 Å². The molecule has 4 aliphatic rings. The van der Waals surface area contributed by atoms with Crippen LogP contribution in [0.1, 0.15) is 49.3 Å². The van der Waals surface area contributed by atoms with Gasteiger partial charge in [0, 0.05) is 30.9 Å². The summed E-state index contributed by atoms with van der Waals surface area (Å²) in [4.78, 5) is 21.4. The van der Waals surface area contributed by atoms with Crippen molar-refractivity contribution in [3.05, 3.63) is 47.1 Å². The maximum atomic E-state index is 13.8. The van der Waals surface area contributed by atoms with E-state index in [-0.39, 0.29) is 17.3 Å². The molecule has 0 saturated carbocycles. The Kier molecular flexibility index (Phi) is 5.33. The first-order chi connectivity index (χ1) is 15.4. The second-order valence-corrected chi connectivity index (χ2v) is 9.05. The van der Waals surface area contributed by atoms with E-state index in [1.807, 2.05) is 10.7 Å². The van der Waals surface area contributed by atoms with Crippen molar-refractivity contribution in [3.63, 3.8) is 0 Å². The topological polar surface area (TPSA) is 81.5 Å². The van der Waals surface area contributed by atoms with Crippen LogP contribution in [0.4, 0.5) is 4.39 Å². The first-order valence-electron chi connectivity index (χ1n) is 11.2. The highest BCUT2D eigenvalue weighted by molar-refractivity contribution is 5.71. The van der Waals surface area contributed by atoms with Gasteiger partial charge in [-0.2, -0.15) is 0 Å². The quantitative estimate of drug-likeness (QED) is 0.706. The smallest absolute Gasteiger partial charge is 0.308 e. The third kappa shape index (κ3) is 3.95. The van der Waals surface area contributed by atoms with Gasteiger partial charge in [0.1, 0.15) is 18.2 Å². The SMILES string of the molecule is C=[N+]1CC(c2nc3c([nH]2)C=C(F)CC=C3)=CC=C1N1CCC2(CCC(C(=O)O)CO2)CC1. The minimum Gasteiger partial charge on any atom is -0.481 e. The molecule has 2 N–H and O–H groups in total. The number of halogens is 1. The maximum absolute atomic E-state index is 13.8. The molecule has 32 heavy (non-hydrogen) atoms.